The maximum Gasteiger partial charge on any atom is 0.125 e. The van der Waals surface area contributed by atoms with Gasteiger partial charge in [-0.1, -0.05) is 0 Å². The lowest BCUT2D eigenvalue weighted by molar-refractivity contribution is 0.203. The Bertz CT molecular complexity index is 449. The molecular formula is C14H20FN3. The van der Waals surface area contributed by atoms with Crippen LogP contribution in [0, 0.1) is 5.82 Å². The molecule has 1 aromatic rings. The Labute approximate surface area is 107 Å². The Morgan fingerprint density at radius 1 is 1.33 bits per heavy atom. The van der Waals surface area contributed by atoms with Crippen LogP contribution in [0.2, 0.25) is 0 Å². The molecule has 0 spiro atoms. The van der Waals surface area contributed by atoms with Gasteiger partial charge in [-0.3, -0.25) is 4.90 Å². The van der Waals surface area contributed by atoms with Crippen molar-refractivity contribution in [3.05, 3.63) is 24.0 Å². The smallest absolute Gasteiger partial charge is 0.125 e. The standard InChI is InChI=1S/C14H20FN3/c1-10-8-17-6-2-3-12(17)9-18(10)14-5-4-11(15)7-13(14)16/h4-5,7,10,12H,2-3,6,8-9,16H2,1H3. The maximum atomic E-state index is 13.1. The number of piperazine rings is 1. The lowest BCUT2D eigenvalue weighted by Gasteiger charge is -2.44. The summed E-state index contributed by atoms with van der Waals surface area (Å²) >= 11 is 0. The van der Waals surface area contributed by atoms with E-state index in [0.29, 0.717) is 17.8 Å². The summed E-state index contributed by atoms with van der Waals surface area (Å²) in [5.74, 6) is -0.261. The Morgan fingerprint density at radius 2 is 2.17 bits per heavy atom. The van der Waals surface area contributed by atoms with Crippen LogP contribution in [0.5, 0.6) is 0 Å². The third-order valence-electron chi connectivity index (χ3n) is 4.24. The molecule has 2 N–H and O–H groups in total. The molecule has 3 nitrogen and oxygen atoms in total. The first kappa shape index (κ1) is 11.8. The van der Waals surface area contributed by atoms with Gasteiger partial charge in [-0.25, -0.2) is 4.39 Å². The van der Waals surface area contributed by atoms with Gasteiger partial charge in [0.1, 0.15) is 5.82 Å². The summed E-state index contributed by atoms with van der Waals surface area (Å²) in [6.07, 6.45) is 2.56. The van der Waals surface area contributed by atoms with E-state index in [1.807, 2.05) is 6.07 Å². The lowest BCUT2D eigenvalue weighted by Crippen LogP contribution is -2.55. The van der Waals surface area contributed by atoms with Crippen molar-refractivity contribution < 1.29 is 4.39 Å². The number of anilines is 2. The van der Waals surface area contributed by atoms with Crippen molar-refractivity contribution in [1.29, 1.82) is 0 Å². The zero-order valence-corrected chi connectivity index (χ0v) is 10.8. The molecule has 2 aliphatic rings. The minimum absolute atomic E-state index is 0.261. The van der Waals surface area contributed by atoms with Gasteiger partial charge in [0.05, 0.1) is 11.4 Å². The second kappa shape index (κ2) is 4.43. The summed E-state index contributed by atoms with van der Waals surface area (Å²) in [5, 5.41) is 0. The highest BCUT2D eigenvalue weighted by atomic mass is 19.1. The zero-order chi connectivity index (χ0) is 12.7. The van der Waals surface area contributed by atoms with Crippen LogP contribution >= 0.6 is 0 Å². The van der Waals surface area contributed by atoms with Gasteiger partial charge in [0.15, 0.2) is 0 Å². The molecular weight excluding hydrogens is 229 g/mol. The van der Waals surface area contributed by atoms with Gasteiger partial charge in [-0.2, -0.15) is 0 Å². The van der Waals surface area contributed by atoms with Crippen molar-refractivity contribution in [3.8, 4) is 0 Å². The van der Waals surface area contributed by atoms with E-state index in [0.717, 1.165) is 18.8 Å². The van der Waals surface area contributed by atoms with Gasteiger partial charge < -0.3 is 10.6 Å². The number of benzene rings is 1. The maximum absolute atomic E-state index is 13.1. The van der Waals surface area contributed by atoms with Gasteiger partial charge in [-0.15, -0.1) is 0 Å². The summed E-state index contributed by atoms with van der Waals surface area (Å²) in [6.45, 7) is 5.54. The molecule has 2 fully saturated rings. The Kier molecular flexibility index (Phi) is 2.90. The number of hydrogen-bond donors (Lipinski definition) is 1. The summed E-state index contributed by atoms with van der Waals surface area (Å²) in [7, 11) is 0. The molecule has 0 amide bonds. The fourth-order valence-corrected chi connectivity index (χ4v) is 3.31. The monoisotopic (exact) mass is 249 g/mol. The third-order valence-corrected chi connectivity index (χ3v) is 4.24. The largest absolute Gasteiger partial charge is 0.397 e. The van der Waals surface area contributed by atoms with E-state index in [-0.39, 0.29) is 5.82 Å². The number of fused-ring (bicyclic) bond motifs is 1. The number of rotatable bonds is 1. The van der Waals surface area contributed by atoms with Gasteiger partial charge >= 0.3 is 0 Å². The van der Waals surface area contributed by atoms with E-state index in [1.165, 1.54) is 31.5 Å². The minimum atomic E-state index is -0.261. The molecule has 18 heavy (non-hydrogen) atoms. The first-order valence-electron chi connectivity index (χ1n) is 6.71. The Hall–Kier alpha value is -1.29. The lowest BCUT2D eigenvalue weighted by atomic mass is 10.1. The molecule has 0 bridgehead atoms. The molecule has 2 atom stereocenters. The number of nitrogens with zero attached hydrogens (tertiary/aromatic N) is 2. The fraction of sp³-hybridized carbons (Fsp3) is 0.571. The van der Waals surface area contributed by atoms with Crippen molar-refractivity contribution in [3.63, 3.8) is 0 Å². The molecule has 98 valence electrons. The first-order valence-corrected chi connectivity index (χ1v) is 6.71. The van der Waals surface area contributed by atoms with E-state index in [2.05, 4.69) is 16.7 Å². The highest BCUT2D eigenvalue weighted by Gasteiger charge is 2.34. The van der Waals surface area contributed by atoms with E-state index < -0.39 is 0 Å². The normalized spacial score (nSPS) is 28.4. The zero-order valence-electron chi connectivity index (χ0n) is 10.8. The topological polar surface area (TPSA) is 32.5 Å². The minimum Gasteiger partial charge on any atom is -0.397 e. The molecule has 2 unspecified atom stereocenters. The van der Waals surface area contributed by atoms with Crippen LogP contribution in [0.3, 0.4) is 0 Å². The predicted molar refractivity (Wildman–Crippen MR) is 72.2 cm³/mol. The van der Waals surface area contributed by atoms with E-state index in [4.69, 9.17) is 5.73 Å². The Morgan fingerprint density at radius 3 is 2.94 bits per heavy atom. The highest BCUT2D eigenvalue weighted by Crippen LogP contribution is 2.32. The van der Waals surface area contributed by atoms with Crippen molar-refractivity contribution >= 4 is 11.4 Å². The van der Waals surface area contributed by atoms with Crippen LogP contribution in [0.25, 0.3) is 0 Å². The van der Waals surface area contributed by atoms with Crippen molar-refractivity contribution in [2.24, 2.45) is 0 Å². The van der Waals surface area contributed by atoms with Crippen LogP contribution in [-0.4, -0.2) is 36.6 Å². The molecule has 1 aromatic carbocycles. The molecule has 0 aromatic heterocycles. The summed E-state index contributed by atoms with van der Waals surface area (Å²) in [6, 6.07) is 5.81. The Balaban J connectivity index is 1.86. The van der Waals surface area contributed by atoms with Crippen molar-refractivity contribution in [2.45, 2.75) is 31.8 Å². The fourth-order valence-electron chi connectivity index (χ4n) is 3.31. The van der Waals surface area contributed by atoms with Gasteiger partial charge in [0.25, 0.3) is 0 Å². The molecule has 0 radical (unpaired) electrons. The van der Waals surface area contributed by atoms with Gasteiger partial charge in [-0.05, 0) is 44.5 Å². The predicted octanol–water partition coefficient (Wildman–Crippen LogP) is 2.08. The van der Waals surface area contributed by atoms with Gasteiger partial charge in [0.2, 0.25) is 0 Å². The van der Waals surface area contributed by atoms with Crippen LogP contribution in [-0.2, 0) is 0 Å². The highest BCUT2D eigenvalue weighted by molar-refractivity contribution is 5.68. The van der Waals surface area contributed by atoms with Crippen LogP contribution in [0.1, 0.15) is 19.8 Å². The van der Waals surface area contributed by atoms with Crippen molar-refractivity contribution in [1.82, 2.24) is 4.90 Å². The van der Waals surface area contributed by atoms with E-state index >= 15 is 0 Å². The molecule has 0 aliphatic carbocycles. The van der Waals surface area contributed by atoms with Crippen molar-refractivity contribution in [2.75, 3.05) is 30.3 Å². The first-order chi connectivity index (χ1) is 8.65. The van der Waals surface area contributed by atoms with Crippen LogP contribution in [0.15, 0.2) is 18.2 Å². The molecule has 4 heteroatoms. The number of nitrogens with two attached hydrogens (primary N) is 1. The molecule has 0 saturated carbocycles. The average molecular weight is 249 g/mol. The molecule has 2 saturated heterocycles. The average Bonchev–Trinajstić information content (AvgIpc) is 2.75. The second-order valence-electron chi connectivity index (χ2n) is 5.50. The molecule has 2 aliphatic heterocycles. The number of nitrogen functional groups attached to an aromatic ring is 1. The van der Waals surface area contributed by atoms with E-state index in [9.17, 15) is 4.39 Å². The summed E-state index contributed by atoms with van der Waals surface area (Å²) in [4.78, 5) is 4.90. The van der Waals surface area contributed by atoms with E-state index in [1.54, 1.807) is 0 Å². The second-order valence-corrected chi connectivity index (χ2v) is 5.50. The molecule has 3 rings (SSSR count). The quantitative estimate of drug-likeness (QED) is 0.773. The van der Waals surface area contributed by atoms with Gasteiger partial charge in [0, 0.05) is 25.2 Å². The van der Waals surface area contributed by atoms with Crippen LogP contribution < -0.4 is 10.6 Å². The summed E-state index contributed by atoms with van der Waals surface area (Å²) < 4.78 is 13.1. The summed E-state index contributed by atoms with van der Waals surface area (Å²) in [5.41, 5.74) is 7.49. The number of hydrogen-bond acceptors (Lipinski definition) is 3. The SMILES string of the molecule is CC1CN2CCCC2CN1c1ccc(F)cc1N. The third kappa shape index (κ3) is 1.94. The molecule has 2 heterocycles. The number of halogens is 1. The van der Waals surface area contributed by atoms with Crippen LogP contribution in [0.4, 0.5) is 15.8 Å².